The molecule has 1 fully saturated rings. The molecule has 1 saturated heterocycles. The molecule has 1 aromatic carbocycles. The van der Waals surface area contributed by atoms with E-state index in [-0.39, 0.29) is 16.7 Å². The number of anilines is 1. The number of hydrogen-bond donors (Lipinski definition) is 1. The molecule has 0 saturated carbocycles. The molecule has 0 unspecified atom stereocenters. The summed E-state index contributed by atoms with van der Waals surface area (Å²) in [5, 5.41) is 5.37. The summed E-state index contributed by atoms with van der Waals surface area (Å²) in [6, 6.07) is 11.3. The summed E-state index contributed by atoms with van der Waals surface area (Å²) in [5.74, 6) is -0.373. The number of sulfonamides is 1. The van der Waals surface area contributed by atoms with Gasteiger partial charge < -0.3 is 10.1 Å². The van der Waals surface area contributed by atoms with Gasteiger partial charge in [-0.05, 0) is 37.0 Å². The molecular formula is C23H26N4O4S2. The van der Waals surface area contributed by atoms with Gasteiger partial charge in [0.2, 0.25) is 15.9 Å². The molecule has 3 aromatic rings. The number of carbonyl (C=O) groups excluding carboxylic acids is 1. The number of aromatic nitrogens is 2. The maximum atomic E-state index is 12.8. The number of carbonyl (C=O) groups is 1. The van der Waals surface area contributed by atoms with Crippen molar-refractivity contribution in [3.05, 3.63) is 59.7 Å². The quantitative estimate of drug-likeness (QED) is 0.523. The van der Waals surface area contributed by atoms with E-state index in [0.29, 0.717) is 37.7 Å². The van der Waals surface area contributed by atoms with Crippen LogP contribution >= 0.6 is 11.3 Å². The fraction of sp³-hybridized carbons (Fsp3) is 0.348. The summed E-state index contributed by atoms with van der Waals surface area (Å²) >= 11 is 1.38. The third kappa shape index (κ3) is 5.64. The molecule has 10 heteroatoms. The molecule has 2 aromatic heterocycles. The minimum Gasteiger partial charge on any atom is -0.384 e. The molecule has 8 nitrogen and oxygen atoms in total. The van der Waals surface area contributed by atoms with Crippen molar-refractivity contribution in [3.63, 3.8) is 0 Å². The Kier molecular flexibility index (Phi) is 7.49. The zero-order valence-corrected chi connectivity index (χ0v) is 19.9. The Morgan fingerprint density at radius 3 is 2.64 bits per heavy atom. The van der Waals surface area contributed by atoms with Crippen molar-refractivity contribution in [2.24, 2.45) is 5.92 Å². The Hall–Kier alpha value is -2.66. The van der Waals surface area contributed by atoms with E-state index in [1.807, 2.05) is 17.5 Å². The lowest BCUT2D eigenvalue weighted by atomic mass is 9.97. The fourth-order valence-corrected chi connectivity index (χ4v) is 5.90. The Morgan fingerprint density at radius 1 is 1.21 bits per heavy atom. The molecule has 1 N–H and O–H groups in total. The molecule has 0 spiro atoms. The van der Waals surface area contributed by atoms with Crippen molar-refractivity contribution in [1.29, 1.82) is 0 Å². The Morgan fingerprint density at radius 2 is 1.97 bits per heavy atom. The summed E-state index contributed by atoms with van der Waals surface area (Å²) in [6.45, 7) is 1.28. The lowest BCUT2D eigenvalue weighted by Gasteiger charge is -2.30. The number of methoxy groups -OCH3 is 1. The van der Waals surface area contributed by atoms with E-state index in [4.69, 9.17) is 4.74 Å². The van der Waals surface area contributed by atoms with Crippen LogP contribution in [-0.4, -0.2) is 55.4 Å². The molecule has 1 amide bonds. The number of piperidine rings is 1. The zero-order chi connectivity index (χ0) is 23.3. The van der Waals surface area contributed by atoms with E-state index in [1.165, 1.54) is 39.7 Å². The highest BCUT2D eigenvalue weighted by atomic mass is 32.2. The number of pyridine rings is 1. The standard InChI is InChI=1S/C23H26N4O4S2/c1-31-14-10-17-4-6-18(7-5-17)21-16-32-23(25-21)26-22(28)19-8-12-27(13-9-19)33(29,30)20-3-2-11-24-15-20/h2-7,11,15-16,19H,8-10,12-14H2,1H3,(H,25,26,28). The van der Waals surface area contributed by atoms with Gasteiger partial charge in [-0.1, -0.05) is 24.3 Å². The van der Waals surface area contributed by atoms with E-state index >= 15 is 0 Å². The lowest BCUT2D eigenvalue weighted by Crippen LogP contribution is -2.41. The fourth-order valence-electron chi connectivity index (χ4n) is 3.74. The van der Waals surface area contributed by atoms with Crippen LogP contribution < -0.4 is 5.32 Å². The van der Waals surface area contributed by atoms with Crippen LogP contribution in [0.4, 0.5) is 5.13 Å². The molecule has 0 radical (unpaired) electrons. The van der Waals surface area contributed by atoms with Crippen LogP contribution in [0.3, 0.4) is 0 Å². The van der Waals surface area contributed by atoms with Crippen LogP contribution in [0.1, 0.15) is 18.4 Å². The van der Waals surface area contributed by atoms with Crippen LogP contribution in [0.2, 0.25) is 0 Å². The monoisotopic (exact) mass is 486 g/mol. The maximum Gasteiger partial charge on any atom is 0.244 e. The molecule has 33 heavy (non-hydrogen) atoms. The van der Waals surface area contributed by atoms with Gasteiger partial charge in [-0.2, -0.15) is 4.31 Å². The first-order chi connectivity index (χ1) is 16.0. The number of rotatable bonds is 8. The zero-order valence-electron chi connectivity index (χ0n) is 18.3. The van der Waals surface area contributed by atoms with Gasteiger partial charge in [0, 0.05) is 49.5 Å². The number of amides is 1. The Bertz CT molecular complexity index is 1170. The van der Waals surface area contributed by atoms with Crippen molar-refractivity contribution < 1.29 is 17.9 Å². The highest BCUT2D eigenvalue weighted by molar-refractivity contribution is 7.89. The van der Waals surface area contributed by atoms with Gasteiger partial charge >= 0.3 is 0 Å². The predicted molar refractivity (Wildman–Crippen MR) is 127 cm³/mol. The van der Waals surface area contributed by atoms with Gasteiger partial charge in [0.25, 0.3) is 0 Å². The van der Waals surface area contributed by atoms with Crippen LogP contribution in [-0.2, 0) is 26.0 Å². The van der Waals surface area contributed by atoms with Crippen LogP contribution in [0.15, 0.2) is 59.1 Å². The van der Waals surface area contributed by atoms with Gasteiger partial charge in [-0.25, -0.2) is 13.4 Å². The Labute approximate surface area is 197 Å². The minimum atomic E-state index is -3.58. The molecule has 1 aliphatic rings. The third-order valence-corrected chi connectivity index (χ3v) is 8.32. The molecular weight excluding hydrogens is 460 g/mol. The van der Waals surface area contributed by atoms with E-state index in [1.54, 1.807) is 13.2 Å². The molecule has 4 rings (SSSR count). The van der Waals surface area contributed by atoms with Gasteiger partial charge in [-0.3, -0.25) is 9.78 Å². The summed E-state index contributed by atoms with van der Waals surface area (Å²) < 4.78 is 32.0. The van der Waals surface area contributed by atoms with E-state index in [0.717, 1.165) is 17.7 Å². The first kappa shape index (κ1) is 23.5. The van der Waals surface area contributed by atoms with Crippen molar-refractivity contribution in [1.82, 2.24) is 14.3 Å². The van der Waals surface area contributed by atoms with Crippen LogP contribution in [0.5, 0.6) is 0 Å². The van der Waals surface area contributed by atoms with E-state index in [9.17, 15) is 13.2 Å². The molecule has 0 aliphatic carbocycles. The molecule has 0 atom stereocenters. The van der Waals surface area contributed by atoms with Crippen molar-refractivity contribution in [2.75, 3.05) is 32.1 Å². The first-order valence-electron chi connectivity index (χ1n) is 10.7. The van der Waals surface area contributed by atoms with Crippen molar-refractivity contribution >= 4 is 32.4 Å². The van der Waals surface area contributed by atoms with Gasteiger partial charge in [0.05, 0.1) is 12.3 Å². The van der Waals surface area contributed by atoms with Gasteiger partial charge in [0.15, 0.2) is 5.13 Å². The first-order valence-corrected chi connectivity index (χ1v) is 13.0. The van der Waals surface area contributed by atoms with Crippen molar-refractivity contribution in [2.45, 2.75) is 24.2 Å². The highest BCUT2D eigenvalue weighted by Gasteiger charge is 2.32. The van der Waals surface area contributed by atoms with E-state index < -0.39 is 10.0 Å². The number of hydrogen-bond acceptors (Lipinski definition) is 7. The Balaban J connectivity index is 1.32. The topological polar surface area (TPSA) is 101 Å². The number of benzene rings is 1. The number of nitrogens with zero attached hydrogens (tertiary/aromatic N) is 3. The molecule has 3 heterocycles. The number of nitrogens with one attached hydrogen (secondary N) is 1. The lowest BCUT2D eigenvalue weighted by molar-refractivity contribution is -0.120. The largest absolute Gasteiger partial charge is 0.384 e. The molecule has 0 bridgehead atoms. The summed E-state index contributed by atoms with van der Waals surface area (Å²) in [7, 11) is -1.90. The van der Waals surface area contributed by atoms with E-state index in [2.05, 4.69) is 27.4 Å². The average Bonchev–Trinajstić information content (AvgIpc) is 3.32. The van der Waals surface area contributed by atoms with Crippen LogP contribution in [0.25, 0.3) is 11.3 Å². The van der Waals surface area contributed by atoms with Gasteiger partial charge in [0.1, 0.15) is 4.90 Å². The predicted octanol–water partition coefficient (Wildman–Crippen LogP) is 3.43. The number of thiazole rings is 1. The summed E-state index contributed by atoms with van der Waals surface area (Å²) in [6.07, 6.45) is 4.68. The number of ether oxygens (including phenoxy) is 1. The third-order valence-electron chi connectivity index (χ3n) is 5.68. The normalized spacial score (nSPS) is 15.4. The molecule has 1 aliphatic heterocycles. The maximum absolute atomic E-state index is 12.8. The second kappa shape index (κ2) is 10.5. The highest BCUT2D eigenvalue weighted by Crippen LogP contribution is 2.28. The summed E-state index contributed by atoms with van der Waals surface area (Å²) in [4.78, 5) is 21.4. The average molecular weight is 487 g/mol. The molecule has 174 valence electrons. The van der Waals surface area contributed by atoms with Gasteiger partial charge in [-0.15, -0.1) is 11.3 Å². The smallest absolute Gasteiger partial charge is 0.244 e. The minimum absolute atomic E-state index is 0.121. The van der Waals surface area contributed by atoms with Crippen LogP contribution in [0, 0.1) is 5.92 Å². The SMILES string of the molecule is COCCc1ccc(-c2csc(NC(=O)C3CCN(S(=O)(=O)c4cccnc4)CC3)n2)cc1. The second-order valence-electron chi connectivity index (χ2n) is 7.83. The van der Waals surface area contributed by atoms with Crippen molar-refractivity contribution in [3.8, 4) is 11.3 Å². The second-order valence-corrected chi connectivity index (χ2v) is 10.6. The summed E-state index contributed by atoms with van der Waals surface area (Å²) in [5.41, 5.74) is 2.99.